The molecule has 0 aliphatic rings. The lowest BCUT2D eigenvalue weighted by atomic mass is 10.0. The minimum Gasteiger partial charge on any atom is -0.290 e. The molecule has 1 aromatic rings. The van der Waals surface area contributed by atoms with Crippen LogP contribution < -0.4 is 0 Å². The van der Waals surface area contributed by atoms with Crippen molar-refractivity contribution >= 4 is 6.21 Å². The van der Waals surface area contributed by atoms with E-state index in [9.17, 15) is 0 Å². The van der Waals surface area contributed by atoms with Gasteiger partial charge in [0.2, 0.25) is 0 Å². The summed E-state index contributed by atoms with van der Waals surface area (Å²) < 4.78 is 0. The summed E-state index contributed by atoms with van der Waals surface area (Å²) in [5, 5.41) is 0. The number of benzene rings is 1. The second-order valence-electron chi connectivity index (χ2n) is 4.20. The van der Waals surface area contributed by atoms with Gasteiger partial charge in [0.25, 0.3) is 0 Å². The van der Waals surface area contributed by atoms with Gasteiger partial charge in [0.15, 0.2) is 0 Å². The molecule has 0 heterocycles. The van der Waals surface area contributed by atoms with Crippen LogP contribution in [0.4, 0.5) is 0 Å². The summed E-state index contributed by atoms with van der Waals surface area (Å²) in [6.45, 7) is 8.59. The third-order valence-electron chi connectivity index (χ3n) is 2.10. The lowest BCUT2D eigenvalue weighted by Gasteiger charge is -2.05. The van der Waals surface area contributed by atoms with E-state index >= 15 is 0 Å². The van der Waals surface area contributed by atoms with Gasteiger partial charge in [-0.15, -0.1) is 0 Å². The van der Waals surface area contributed by atoms with Crippen LogP contribution in [-0.4, -0.2) is 12.3 Å². The molecule has 0 aliphatic carbocycles. The highest BCUT2D eigenvalue weighted by molar-refractivity contribution is 5.79. The molecule has 1 nitrogen and oxygen atoms in total. The highest BCUT2D eigenvalue weighted by atomic mass is 14.7. The van der Waals surface area contributed by atoms with Gasteiger partial charge >= 0.3 is 0 Å². The minimum atomic E-state index is 0.373. The quantitative estimate of drug-likeness (QED) is 0.644. The SMILES string of the molecule is CC(C)N=Cc1cccc(C(C)C)c1. The van der Waals surface area contributed by atoms with Gasteiger partial charge in [-0.3, -0.25) is 4.99 Å². The Kier molecular flexibility index (Phi) is 3.87. The van der Waals surface area contributed by atoms with Crippen LogP contribution >= 0.6 is 0 Å². The first-order chi connectivity index (χ1) is 6.59. The van der Waals surface area contributed by atoms with Crippen LogP contribution in [0.3, 0.4) is 0 Å². The number of hydrogen-bond acceptors (Lipinski definition) is 1. The molecule has 0 bridgehead atoms. The molecule has 1 aromatic carbocycles. The number of nitrogens with zero attached hydrogens (tertiary/aromatic N) is 1. The van der Waals surface area contributed by atoms with Crippen LogP contribution in [-0.2, 0) is 0 Å². The second kappa shape index (κ2) is 4.94. The summed E-state index contributed by atoms with van der Waals surface area (Å²) in [5.41, 5.74) is 2.57. The van der Waals surface area contributed by atoms with Crippen LogP contribution in [0.25, 0.3) is 0 Å². The molecule has 0 radical (unpaired) electrons. The van der Waals surface area contributed by atoms with E-state index in [1.807, 2.05) is 6.21 Å². The summed E-state index contributed by atoms with van der Waals surface area (Å²) in [7, 11) is 0. The van der Waals surface area contributed by atoms with Crippen molar-refractivity contribution in [2.45, 2.75) is 39.7 Å². The van der Waals surface area contributed by atoms with Crippen LogP contribution in [0.5, 0.6) is 0 Å². The Hall–Kier alpha value is -1.11. The van der Waals surface area contributed by atoms with Crippen molar-refractivity contribution in [1.82, 2.24) is 0 Å². The fraction of sp³-hybridized carbons (Fsp3) is 0.462. The van der Waals surface area contributed by atoms with Crippen LogP contribution in [0.15, 0.2) is 29.3 Å². The summed E-state index contributed by atoms with van der Waals surface area (Å²) in [6, 6.07) is 8.93. The van der Waals surface area contributed by atoms with Crippen molar-refractivity contribution in [3.05, 3.63) is 35.4 Å². The highest BCUT2D eigenvalue weighted by Crippen LogP contribution is 2.14. The zero-order valence-electron chi connectivity index (χ0n) is 9.49. The van der Waals surface area contributed by atoms with E-state index in [1.54, 1.807) is 0 Å². The van der Waals surface area contributed by atoms with Crippen molar-refractivity contribution in [3.8, 4) is 0 Å². The maximum Gasteiger partial charge on any atom is 0.0443 e. The van der Waals surface area contributed by atoms with Gasteiger partial charge in [-0.2, -0.15) is 0 Å². The molecule has 0 spiro atoms. The van der Waals surface area contributed by atoms with Crippen molar-refractivity contribution in [2.75, 3.05) is 0 Å². The van der Waals surface area contributed by atoms with E-state index in [2.05, 4.69) is 57.0 Å². The average molecular weight is 189 g/mol. The van der Waals surface area contributed by atoms with E-state index in [0.29, 0.717) is 12.0 Å². The van der Waals surface area contributed by atoms with Crippen LogP contribution in [0, 0.1) is 0 Å². The fourth-order valence-electron chi connectivity index (χ4n) is 1.23. The molecular weight excluding hydrogens is 170 g/mol. The average Bonchev–Trinajstić information content (AvgIpc) is 2.15. The highest BCUT2D eigenvalue weighted by Gasteiger charge is 1.98. The smallest absolute Gasteiger partial charge is 0.0443 e. The van der Waals surface area contributed by atoms with Crippen molar-refractivity contribution in [3.63, 3.8) is 0 Å². The standard InChI is InChI=1S/C13H19N/c1-10(2)13-7-5-6-12(8-13)9-14-11(3)4/h5-11H,1-4H3. The lowest BCUT2D eigenvalue weighted by molar-refractivity contribution is 0.840. The normalized spacial score (nSPS) is 11.9. The molecule has 0 saturated heterocycles. The first kappa shape index (κ1) is 11.0. The molecule has 0 unspecified atom stereocenters. The van der Waals surface area contributed by atoms with Gasteiger partial charge in [-0.05, 0) is 37.0 Å². The molecule has 1 heteroatoms. The summed E-state index contributed by atoms with van der Waals surface area (Å²) >= 11 is 0. The minimum absolute atomic E-state index is 0.373. The zero-order chi connectivity index (χ0) is 10.6. The van der Waals surface area contributed by atoms with Gasteiger partial charge in [0.1, 0.15) is 0 Å². The van der Waals surface area contributed by atoms with Gasteiger partial charge in [-0.25, -0.2) is 0 Å². The molecule has 14 heavy (non-hydrogen) atoms. The van der Waals surface area contributed by atoms with Gasteiger partial charge in [0.05, 0.1) is 0 Å². The Morgan fingerprint density at radius 2 is 1.86 bits per heavy atom. The van der Waals surface area contributed by atoms with Gasteiger partial charge < -0.3 is 0 Å². The fourth-order valence-corrected chi connectivity index (χ4v) is 1.23. The molecule has 0 aliphatic heterocycles. The zero-order valence-corrected chi connectivity index (χ0v) is 9.49. The van der Waals surface area contributed by atoms with Gasteiger partial charge in [-0.1, -0.05) is 32.0 Å². The third-order valence-corrected chi connectivity index (χ3v) is 2.10. The molecule has 0 atom stereocenters. The largest absolute Gasteiger partial charge is 0.290 e. The summed E-state index contributed by atoms with van der Waals surface area (Å²) in [5.74, 6) is 0.586. The topological polar surface area (TPSA) is 12.4 Å². The Morgan fingerprint density at radius 1 is 1.14 bits per heavy atom. The second-order valence-corrected chi connectivity index (χ2v) is 4.20. The van der Waals surface area contributed by atoms with Crippen LogP contribution in [0.1, 0.15) is 44.7 Å². The maximum absolute atomic E-state index is 4.37. The third kappa shape index (κ3) is 3.33. The van der Waals surface area contributed by atoms with Crippen molar-refractivity contribution < 1.29 is 0 Å². The van der Waals surface area contributed by atoms with E-state index in [4.69, 9.17) is 0 Å². The Morgan fingerprint density at radius 3 is 2.43 bits per heavy atom. The summed E-state index contributed by atoms with van der Waals surface area (Å²) in [4.78, 5) is 4.37. The predicted octanol–water partition coefficient (Wildman–Crippen LogP) is 3.64. The van der Waals surface area contributed by atoms with E-state index in [-0.39, 0.29) is 0 Å². The number of rotatable bonds is 3. The Balaban J connectivity index is 2.83. The molecule has 1 rings (SSSR count). The molecule has 0 fully saturated rings. The van der Waals surface area contributed by atoms with E-state index in [0.717, 1.165) is 0 Å². The Bertz CT molecular complexity index is 311. The van der Waals surface area contributed by atoms with E-state index < -0.39 is 0 Å². The first-order valence-corrected chi connectivity index (χ1v) is 5.22. The van der Waals surface area contributed by atoms with E-state index in [1.165, 1.54) is 11.1 Å². The maximum atomic E-state index is 4.37. The van der Waals surface area contributed by atoms with Crippen molar-refractivity contribution in [1.29, 1.82) is 0 Å². The van der Waals surface area contributed by atoms with Crippen molar-refractivity contribution in [2.24, 2.45) is 4.99 Å². The molecule has 76 valence electrons. The molecule has 0 amide bonds. The molecule has 0 saturated carbocycles. The molecule has 0 N–H and O–H groups in total. The molecular formula is C13H19N. The number of aliphatic imine (C=N–C) groups is 1. The monoisotopic (exact) mass is 189 g/mol. The lowest BCUT2D eigenvalue weighted by Crippen LogP contribution is -1.92. The van der Waals surface area contributed by atoms with Gasteiger partial charge in [0, 0.05) is 12.3 Å². The van der Waals surface area contributed by atoms with Crippen LogP contribution in [0.2, 0.25) is 0 Å². The molecule has 0 aromatic heterocycles. The summed E-state index contributed by atoms with van der Waals surface area (Å²) in [6.07, 6.45) is 1.95. The first-order valence-electron chi connectivity index (χ1n) is 5.22. The Labute approximate surface area is 86.9 Å². The predicted molar refractivity (Wildman–Crippen MR) is 63.3 cm³/mol. The number of hydrogen-bond donors (Lipinski definition) is 0.